The third-order valence-electron chi connectivity index (χ3n) is 3.68. The van der Waals surface area contributed by atoms with Crippen molar-refractivity contribution in [1.82, 2.24) is 4.98 Å². The van der Waals surface area contributed by atoms with Crippen LogP contribution in [-0.2, 0) is 0 Å². The number of halogens is 2. The highest BCUT2D eigenvalue weighted by Crippen LogP contribution is 2.30. The smallest absolute Gasteiger partial charge is 0.293 e. The normalized spacial score (nSPS) is 11.3. The lowest BCUT2D eigenvalue weighted by Gasteiger charge is -1.98. The second kappa shape index (κ2) is 5.68. The Morgan fingerprint density at radius 2 is 2.12 bits per heavy atom. The summed E-state index contributed by atoms with van der Waals surface area (Å²) < 4.78 is 20.5. The van der Waals surface area contributed by atoms with Crippen molar-refractivity contribution in [2.45, 2.75) is 6.92 Å². The average molecular weight is 405 g/mol. The van der Waals surface area contributed by atoms with Crippen molar-refractivity contribution < 1.29 is 13.6 Å². The lowest BCUT2D eigenvalue weighted by Crippen LogP contribution is -2.11. The fourth-order valence-electron chi connectivity index (χ4n) is 2.52. The Morgan fingerprint density at radius 3 is 2.96 bits per heavy atom. The van der Waals surface area contributed by atoms with Gasteiger partial charge in [0.2, 0.25) is 0 Å². The van der Waals surface area contributed by atoms with Crippen LogP contribution in [0.4, 0.5) is 9.52 Å². The molecule has 4 rings (SSSR count). The quantitative estimate of drug-likeness (QED) is 0.479. The summed E-state index contributed by atoms with van der Waals surface area (Å²) in [6, 6.07) is 9.94. The SMILES string of the molecule is Cc1c(C(=O)Nc2nc3ccc(F)cc3s2)oc2cc(Br)ccc12. The second-order valence-corrected chi connectivity index (χ2v) is 7.23. The number of amides is 1. The van der Waals surface area contributed by atoms with E-state index in [1.807, 2.05) is 25.1 Å². The summed E-state index contributed by atoms with van der Waals surface area (Å²) in [5.41, 5.74) is 2.04. The molecule has 4 nitrogen and oxygen atoms in total. The number of benzene rings is 2. The molecule has 24 heavy (non-hydrogen) atoms. The number of furan rings is 1. The van der Waals surface area contributed by atoms with Gasteiger partial charge in [-0.25, -0.2) is 9.37 Å². The summed E-state index contributed by atoms with van der Waals surface area (Å²) in [6.45, 7) is 1.84. The Labute approximate surface area is 148 Å². The van der Waals surface area contributed by atoms with E-state index in [0.29, 0.717) is 20.9 Å². The van der Waals surface area contributed by atoms with Gasteiger partial charge < -0.3 is 4.42 Å². The molecule has 0 radical (unpaired) electrons. The number of carbonyl (C=O) groups is 1. The van der Waals surface area contributed by atoms with Crippen LogP contribution >= 0.6 is 27.3 Å². The molecule has 0 fully saturated rings. The molecule has 2 aromatic heterocycles. The zero-order valence-electron chi connectivity index (χ0n) is 12.4. The number of fused-ring (bicyclic) bond motifs is 2. The molecule has 0 aliphatic rings. The Hall–Kier alpha value is -2.25. The van der Waals surface area contributed by atoms with E-state index in [4.69, 9.17) is 4.42 Å². The van der Waals surface area contributed by atoms with Gasteiger partial charge in [0.15, 0.2) is 10.9 Å². The van der Waals surface area contributed by atoms with E-state index in [9.17, 15) is 9.18 Å². The van der Waals surface area contributed by atoms with Gasteiger partial charge in [0.05, 0.1) is 10.2 Å². The molecule has 0 aliphatic heterocycles. The van der Waals surface area contributed by atoms with Crippen LogP contribution in [0.1, 0.15) is 16.1 Å². The van der Waals surface area contributed by atoms with Crippen LogP contribution in [0.15, 0.2) is 45.3 Å². The van der Waals surface area contributed by atoms with Gasteiger partial charge in [-0.15, -0.1) is 0 Å². The Morgan fingerprint density at radius 1 is 1.29 bits per heavy atom. The first kappa shape index (κ1) is 15.3. The first-order valence-electron chi connectivity index (χ1n) is 7.07. The Kier molecular flexibility index (Phi) is 3.62. The zero-order chi connectivity index (χ0) is 16.8. The van der Waals surface area contributed by atoms with E-state index >= 15 is 0 Å². The minimum atomic E-state index is -0.376. The summed E-state index contributed by atoms with van der Waals surface area (Å²) in [5, 5.41) is 4.01. The highest BCUT2D eigenvalue weighted by molar-refractivity contribution is 9.10. The molecule has 2 heterocycles. The van der Waals surface area contributed by atoms with Gasteiger partial charge in [-0.3, -0.25) is 10.1 Å². The molecule has 0 spiro atoms. The summed E-state index contributed by atoms with van der Waals surface area (Å²) in [7, 11) is 0. The first-order valence-corrected chi connectivity index (χ1v) is 8.68. The molecular formula is C17H10BrFN2O2S. The molecule has 0 saturated heterocycles. The lowest BCUT2D eigenvalue weighted by molar-refractivity contribution is 0.0998. The number of carbonyl (C=O) groups excluding carboxylic acids is 1. The molecule has 120 valence electrons. The fourth-order valence-corrected chi connectivity index (χ4v) is 3.75. The third-order valence-corrected chi connectivity index (χ3v) is 5.10. The van der Waals surface area contributed by atoms with Crippen molar-refractivity contribution >= 4 is 59.5 Å². The fraction of sp³-hybridized carbons (Fsp3) is 0.0588. The van der Waals surface area contributed by atoms with Crippen molar-refractivity contribution in [1.29, 1.82) is 0 Å². The molecule has 2 aromatic carbocycles. The highest BCUT2D eigenvalue weighted by atomic mass is 79.9. The molecule has 0 unspecified atom stereocenters. The molecule has 7 heteroatoms. The second-order valence-electron chi connectivity index (χ2n) is 5.28. The van der Waals surface area contributed by atoms with E-state index in [0.717, 1.165) is 15.4 Å². The predicted octanol–water partition coefficient (Wildman–Crippen LogP) is 5.50. The highest BCUT2D eigenvalue weighted by Gasteiger charge is 2.19. The van der Waals surface area contributed by atoms with E-state index in [-0.39, 0.29) is 17.5 Å². The summed E-state index contributed by atoms with van der Waals surface area (Å²) >= 11 is 4.60. The van der Waals surface area contributed by atoms with Crippen molar-refractivity contribution in [3.05, 3.63) is 58.0 Å². The number of nitrogens with zero attached hydrogens (tertiary/aromatic N) is 1. The van der Waals surface area contributed by atoms with Crippen molar-refractivity contribution in [2.24, 2.45) is 0 Å². The molecule has 4 aromatic rings. The van der Waals surface area contributed by atoms with Crippen LogP contribution in [-0.4, -0.2) is 10.9 Å². The molecule has 0 aliphatic carbocycles. The minimum Gasteiger partial charge on any atom is -0.451 e. The zero-order valence-corrected chi connectivity index (χ0v) is 14.8. The number of thiazole rings is 1. The van der Waals surface area contributed by atoms with Crippen LogP contribution in [0.25, 0.3) is 21.2 Å². The molecule has 0 saturated carbocycles. The summed E-state index contributed by atoms with van der Waals surface area (Å²) in [5.74, 6) is -0.462. The van der Waals surface area contributed by atoms with Crippen LogP contribution < -0.4 is 5.32 Å². The number of hydrogen-bond donors (Lipinski definition) is 1. The number of nitrogens with one attached hydrogen (secondary N) is 1. The van der Waals surface area contributed by atoms with Gasteiger partial charge >= 0.3 is 0 Å². The van der Waals surface area contributed by atoms with Crippen LogP contribution in [0, 0.1) is 12.7 Å². The Balaban J connectivity index is 1.69. The maximum Gasteiger partial charge on any atom is 0.293 e. The van der Waals surface area contributed by atoms with E-state index in [1.54, 1.807) is 6.07 Å². The number of rotatable bonds is 2. The van der Waals surface area contributed by atoms with Crippen LogP contribution in [0.2, 0.25) is 0 Å². The van der Waals surface area contributed by atoms with Crippen molar-refractivity contribution in [3.8, 4) is 0 Å². The maximum absolute atomic E-state index is 13.2. The van der Waals surface area contributed by atoms with Crippen molar-refractivity contribution in [2.75, 3.05) is 5.32 Å². The van der Waals surface area contributed by atoms with E-state index < -0.39 is 0 Å². The largest absolute Gasteiger partial charge is 0.451 e. The topological polar surface area (TPSA) is 55.1 Å². The number of hydrogen-bond acceptors (Lipinski definition) is 4. The van der Waals surface area contributed by atoms with Crippen LogP contribution in [0.3, 0.4) is 0 Å². The van der Waals surface area contributed by atoms with Gasteiger partial charge in [-0.2, -0.15) is 0 Å². The Bertz CT molecular complexity index is 1100. The van der Waals surface area contributed by atoms with Crippen LogP contribution in [0.5, 0.6) is 0 Å². The van der Waals surface area contributed by atoms with Gasteiger partial charge in [-0.05, 0) is 43.3 Å². The first-order chi connectivity index (χ1) is 11.5. The third kappa shape index (κ3) is 2.59. The van der Waals surface area contributed by atoms with E-state index in [2.05, 4.69) is 26.2 Å². The molecule has 1 N–H and O–H groups in total. The maximum atomic E-state index is 13.2. The van der Waals surface area contributed by atoms with Gasteiger partial charge in [0.1, 0.15) is 11.4 Å². The van der Waals surface area contributed by atoms with Gasteiger partial charge in [-0.1, -0.05) is 27.3 Å². The lowest BCUT2D eigenvalue weighted by atomic mass is 10.1. The monoisotopic (exact) mass is 404 g/mol. The molecule has 0 atom stereocenters. The molecule has 0 bridgehead atoms. The van der Waals surface area contributed by atoms with Gasteiger partial charge in [0, 0.05) is 15.4 Å². The average Bonchev–Trinajstić information content (AvgIpc) is 3.07. The molecular weight excluding hydrogens is 395 g/mol. The molecule has 1 amide bonds. The standard InChI is InChI=1S/C17H10BrFN2O2S/c1-8-11-4-2-9(18)6-13(11)23-15(8)16(22)21-17-20-12-5-3-10(19)7-14(12)24-17/h2-7H,1H3,(H,20,21,22). The van der Waals surface area contributed by atoms with Crippen molar-refractivity contribution in [3.63, 3.8) is 0 Å². The number of aromatic nitrogens is 1. The summed E-state index contributed by atoms with van der Waals surface area (Å²) in [6.07, 6.45) is 0. The minimum absolute atomic E-state index is 0.244. The van der Waals surface area contributed by atoms with E-state index in [1.165, 1.54) is 23.5 Å². The van der Waals surface area contributed by atoms with Gasteiger partial charge in [0.25, 0.3) is 5.91 Å². The number of aryl methyl sites for hydroxylation is 1. The number of anilines is 1. The predicted molar refractivity (Wildman–Crippen MR) is 96.2 cm³/mol. The summed E-state index contributed by atoms with van der Waals surface area (Å²) in [4.78, 5) is 16.8.